The normalized spacial score (nSPS) is 23.4. The van der Waals surface area contributed by atoms with E-state index < -0.39 is 0 Å². The molecule has 3 heterocycles. The lowest BCUT2D eigenvalue weighted by molar-refractivity contribution is -0.134. The number of ether oxygens (including phenoxy) is 1. The molecule has 0 bridgehead atoms. The van der Waals surface area contributed by atoms with Crippen LogP contribution >= 0.6 is 0 Å². The maximum absolute atomic E-state index is 12.4. The Hall–Kier alpha value is -2.41. The fraction of sp³-hybridized carbons (Fsp3) is 0.667. The SMILES string of the molecule is Cn1nc(C2CCC(=O)NC2=O)c2ccc(OC3CCN(CCCC4CCCCC4)CC3)cc21. The molecule has 2 amide bonds. The molecule has 0 radical (unpaired) electrons. The molecule has 1 aliphatic carbocycles. The van der Waals surface area contributed by atoms with Crippen molar-refractivity contribution >= 4 is 22.7 Å². The van der Waals surface area contributed by atoms with Crippen LogP contribution in [0.2, 0.25) is 0 Å². The second kappa shape index (κ2) is 10.5. The Bertz CT molecular complexity index is 1020. The average Bonchev–Trinajstić information content (AvgIpc) is 3.16. The van der Waals surface area contributed by atoms with E-state index in [1.165, 1.54) is 51.5 Å². The lowest BCUT2D eigenvalue weighted by Crippen LogP contribution is -2.39. The van der Waals surface area contributed by atoms with Gasteiger partial charge in [-0.05, 0) is 56.7 Å². The van der Waals surface area contributed by atoms with Crippen molar-refractivity contribution in [3.8, 4) is 5.75 Å². The summed E-state index contributed by atoms with van der Waals surface area (Å²) in [7, 11) is 1.90. The maximum Gasteiger partial charge on any atom is 0.235 e. The number of hydrogen-bond donors (Lipinski definition) is 1. The first-order valence-corrected chi connectivity index (χ1v) is 13.3. The molecule has 3 fully saturated rings. The van der Waals surface area contributed by atoms with Gasteiger partial charge in [-0.1, -0.05) is 32.1 Å². The number of fused-ring (bicyclic) bond motifs is 1. The summed E-state index contributed by atoms with van der Waals surface area (Å²) >= 11 is 0. The van der Waals surface area contributed by atoms with Crippen LogP contribution in [0.5, 0.6) is 5.75 Å². The molecule has 1 saturated carbocycles. The number of nitrogens with one attached hydrogen (secondary N) is 1. The van der Waals surface area contributed by atoms with Crippen LogP contribution < -0.4 is 10.1 Å². The highest BCUT2D eigenvalue weighted by atomic mass is 16.5. The topological polar surface area (TPSA) is 76.5 Å². The number of amides is 2. The molecule has 1 aromatic heterocycles. The predicted octanol–water partition coefficient (Wildman–Crippen LogP) is 4.30. The Balaban J connectivity index is 1.14. The van der Waals surface area contributed by atoms with Gasteiger partial charge in [-0.2, -0.15) is 5.10 Å². The first-order chi connectivity index (χ1) is 16.6. The van der Waals surface area contributed by atoms with Gasteiger partial charge < -0.3 is 9.64 Å². The van der Waals surface area contributed by atoms with Gasteiger partial charge in [0.25, 0.3) is 0 Å². The summed E-state index contributed by atoms with van der Waals surface area (Å²) in [5.41, 5.74) is 1.70. The molecule has 7 nitrogen and oxygen atoms in total. The first-order valence-electron chi connectivity index (χ1n) is 13.3. The van der Waals surface area contributed by atoms with Gasteiger partial charge in [0.2, 0.25) is 11.8 Å². The molecule has 7 heteroatoms. The molecular weight excluding hydrogens is 428 g/mol. The van der Waals surface area contributed by atoms with Crippen LogP contribution in [0.1, 0.15) is 82.2 Å². The zero-order chi connectivity index (χ0) is 23.5. The number of carbonyl (C=O) groups excluding carboxylic acids is 2. The Morgan fingerprint density at radius 3 is 2.62 bits per heavy atom. The standard InChI is InChI=1S/C27H38N4O3/c1-30-24-18-21(9-10-22(24)26(29-30)23-11-12-25(32)28-27(23)33)34-20-13-16-31(17-14-20)15-5-8-19-6-3-2-4-7-19/h9-10,18-20,23H,2-8,11-17H2,1H3,(H,28,32,33). The van der Waals surface area contributed by atoms with E-state index >= 15 is 0 Å². The van der Waals surface area contributed by atoms with E-state index in [0.717, 1.165) is 54.2 Å². The Morgan fingerprint density at radius 1 is 1.06 bits per heavy atom. The zero-order valence-electron chi connectivity index (χ0n) is 20.4. The molecule has 2 aliphatic heterocycles. The lowest BCUT2D eigenvalue weighted by Gasteiger charge is -2.32. The van der Waals surface area contributed by atoms with E-state index in [1.54, 1.807) is 0 Å². The maximum atomic E-state index is 12.4. The molecule has 2 aromatic rings. The summed E-state index contributed by atoms with van der Waals surface area (Å²) in [6.45, 7) is 3.46. The smallest absolute Gasteiger partial charge is 0.235 e. The molecule has 1 N–H and O–H groups in total. The number of hydrogen-bond acceptors (Lipinski definition) is 5. The van der Waals surface area contributed by atoms with Gasteiger partial charge in [0, 0.05) is 38.0 Å². The summed E-state index contributed by atoms with van der Waals surface area (Å²) in [6.07, 6.45) is 13.2. The number of imide groups is 1. The summed E-state index contributed by atoms with van der Waals surface area (Å²) in [4.78, 5) is 26.5. The minimum absolute atomic E-state index is 0.201. The fourth-order valence-electron chi connectivity index (χ4n) is 6.07. The van der Waals surface area contributed by atoms with E-state index in [-0.39, 0.29) is 23.8 Å². The summed E-state index contributed by atoms with van der Waals surface area (Å²) in [5, 5.41) is 8.03. The highest BCUT2D eigenvalue weighted by Crippen LogP contribution is 2.33. The van der Waals surface area contributed by atoms with E-state index in [9.17, 15) is 9.59 Å². The van der Waals surface area contributed by atoms with Crippen LogP contribution in [-0.4, -0.2) is 52.2 Å². The van der Waals surface area contributed by atoms with Crippen molar-refractivity contribution in [1.82, 2.24) is 20.0 Å². The molecule has 5 rings (SSSR count). The number of benzene rings is 1. The van der Waals surface area contributed by atoms with Gasteiger partial charge in [0.05, 0.1) is 17.1 Å². The van der Waals surface area contributed by atoms with Crippen molar-refractivity contribution in [2.45, 2.75) is 82.7 Å². The molecule has 3 aliphatic rings. The van der Waals surface area contributed by atoms with Crippen LogP contribution in [0, 0.1) is 5.92 Å². The fourth-order valence-corrected chi connectivity index (χ4v) is 6.07. The monoisotopic (exact) mass is 466 g/mol. The quantitative estimate of drug-likeness (QED) is 0.616. The molecule has 1 unspecified atom stereocenters. The van der Waals surface area contributed by atoms with Crippen molar-refractivity contribution in [2.75, 3.05) is 19.6 Å². The second-order valence-electron chi connectivity index (χ2n) is 10.5. The van der Waals surface area contributed by atoms with Crippen LogP contribution in [0.15, 0.2) is 18.2 Å². The van der Waals surface area contributed by atoms with Crippen molar-refractivity contribution in [3.05, 3.63) is 23.9 Å². The van der Waals surface area contributed by atoms with Crippen LogP contribution in [0.25, 0.3) is 10.9 Å². The van der Waals surface area contributed by atoms with Gasteiger partial charge in [0.15, 0.2) is 0 Å². The van der Waals surface area contributed by atoms with E-state index in [1.807, 2.05) is 29.9 Å². The number of aromatic nitrogens is 2. The zero-order valence-corrected chi connectivity index (χ0v) is 20.4. The number of aryl methyl sites for hydroxylation is 1. The Labute approximate surface area is 202 Å². The van der Waals surface area contributed by atoms with E-state index in [0.29, 0.717) is 12.8 Å². The number of nitrogens with zero attached hydrogens (tertiary/aromatic N) is 3. The molecule has 1 atom stereocenters. The average molecular weight is 467 g/mol. The first kappa shape index (κ1) is 23.3. The highest BCUT2D eigenvalue weighted by molar-refractivity contribution is 6.02. The minimum atomic E-state index is -0.379. The van der Waals surface area contributed by atoms with Gasteiger partial charge in [-0.3, -0.25) is 19.6 Å². The number of carbonyl (C=O) groups is 2. The number of likely N-dealkylation sites (tertiary alicyclic amines) is 1. The molecule has 2 saturated heterocycles. The van der Waals surface area contributed by atoms with Gasteiger partial charge >= 0.3 is 0 Å². The Kier molecular flexibility index (Phi) is 7.18. The van der Waals surface area contributed by atoms with Gasteiger partial charge in [-0.15, -0.1) is 0 Å². The van der Waals surface area contributed by atoms with Crippen molar-refractivity contribution < 1.29 is 14.3 Å². The summed E-state index contributed by atoms with van der Waals surface area (Å²) in [6, 6.07) is 6.04. The van der Waals surface area contributed by atoms with Crippen molar-refractivity contribution in [2.24, 2.45) is 13.0 Å². The molecule has 0 spiro atoms. The highest BCUT2D eigenvalue weighted by Gasteiger charge is 2.31. The predicted molar refractivity (Wildman–Crippen MR) is 132 cm³/mol. The molecule has 184 valence electrons. The van der Waals surface area contributed by atoms with E-state index in [2.05, 4.69) is 15.3 Å². The third kappa shape index (κ3) is 5.29. The van der Waals surface area contributed by atoms with Gasteiger partial charge in [0.1, 0.15) is 11.9 Å². The number of rotatable bonds is 7. The van der Waals surface area contributed by atoms with E-state index in [4.69, 9.17) is 4.74 Å². The second-order valence-corrected chi connectivity index (χ2v) is 10.5. The molecule has 34 heavy (non-hydrogen) atoms. The van der Waals surface area contributed by atoms with Crippen molar-refractivity contribution in [3.63, 3.8) is 0 Å². The Morgan fingerprint density at radius 2 is 1.85 bits per heavy atom. The third-order valence-electron chi connectivity index (χ3n) is 8.07. The lowest BCUT2D eigenvalue weighted by atomic mass is 9.86. The minimum Gasteiger partial charge on any atom is -0.490 e. The van der Waals surface area contributed by atoms with Crippen LogP contribution in [-0.2, 0) is 16.6 Å². The molecule has 1 aromatic carbocycles. The summed E-state index contributed by atoms with van der Waals surface area (Å²) < 4.78 is 8.18. The van der Waals surface area contributed by atoms with Crippen LogP contribution in [0.4, 0.5) is 0 Å². The van der Waals surface area contributed by atoms with Gasteiger partial charge in [-0.25, -0.2) is 0 Å². The largest absolute Gasteiger partial charge is 0.490 e. The number of piperidine rings is 2. The summed E-state index contributed by atoms with van der Waals surface area (Å²) in [5.74, 6) is 1.01. The third-order valence-corrected chi connectivity index (χ3v) is 8.07. The van der Waals surface area contributed by atoms with Crippen molar-refractivity contribution in [1.29, 1.82) is 0 Å². The van der Waals surface area contributed by atoms with Crippen LogP contribution in [0.3, 0.4) is 0 Å². The molecular formula is C27H38N4O3.